The predicted molar refractivity (Wildman–Crippen MR) is 485 cm³/mol. The SMILES string of the molecule is CPOCC1CN([PH](=O)OCC2CN([PH](=O)OCC3CN(C(=O)CNC(=O)C(CCCNC(=N)N)NC(=O)C(CCCNC(=N)N)NC(=O)C(CCCNC(=N)N)NC(=O)C(CCCNC(=N)N)NC(=O)C(CCCNC(=N)N)NC(=O)C(CCCNC(=N)N)NC(C)=O)CC(n4cnc5c(=O)[nH]c(N)nc54)O3)CC(n3cnc4c(N)ncnc43)O2)CC(n2cc(C)c(=O)[nH]c2=O)O1. The van der Waals surface area contributed by atoms with E-state index in [0.717, 1.165) is 0 Å². The molecule has 15 unspecified atom stereocenters. The number of hydrogen-bond acceptors (Lipinski definition) is 32. The van der Waals surface area contributed by atoms with Crippen molar-refractivity contribution in [1.82, 2.24) is 132 Å². The Morgan fingerprint density at radius 3 is 1.27 bits per heavy atom. The summed E-state index contributed by atoms with van der Waals surface area (Å²) < 4.78 is 73.5. The summed E-state index contributed by atoms with van der Waals surface area (Å²) in [6.45, 7) is 1.89. The minimum absolute atomic E-state index is 0.00620. The zero-order chi connectivity index (χ0) is 97.1. The van der Waals surface area contributed by atoms with Crippen LogP contribution in [-0.2, 0) is 75.3 Å². The number of nitrogens with zero attached hydrogens (tertiary/aromatic N) is 11. The second-order valence-corrected chi connectivity index (χ2v) is 34.5. The number of guanidine groups is 6. The Morgan fingerprint density at radius 1 is 0.481 bits per heavy atom. The Balaban J connectivity index is 1.02. The highest BCUT2D eigenvalue weighted by Crippen LogP contribution is 2.40. The number of carbonyl (C=O) groups is 8. The molecule has 0 aliphatic carbocycles. The average molecular weight is 1930 g/mol. The van der Waals surface area contributed by atoms with E-state index in [-0.39, 0.29) is 223 Å². The Hall–Kier alpha value is -12.9. The van der Waals surface area contributed by atoms with E-state index in [1.807, 2.05) is 0 Å². The molecular formula is C71H121N40O19P3. The quantitative estimate of drug-likeness (QED) is 0.00744. The van der Waals surface area contributed by atoms with Crippen LogP contribution in [0.25, 0.3) is 22.3 Å². The van der Waals surface area contributed by atoms with E-state index in [9.17, 15) is 57.1 Å². The van der Waals surface area contributed by atoms with Gasteiger partial charge in [-0.05, 0) is 90.6 Å². The van der Waals surface area contributed by atoms with Gasteiger partial charge in [-0.1, -0.05) is 0 Å². The minimum Gasteiger partial charge on any atom is -0.382 e. The Labute approximate surface area is 762 Å². The van der Waals surface area contributed by atoms with Gasteiger partial charge in [0.1, 0.15) is 60.4 Å². The second kappa shape index (κ2) is 52.4. The summed E-state index contributed by atoms with van der Waals surface area (Å²) in [6.07, 6.45) is -1.76. The summed E-state index contributed by atoms with van der Waals surface area (Å²) in [4.78, 5) is 181. The zero-order valence-electron chi connectivity index (χ0n) is 73.3. The Morgan fingerprint density at radius 2 is 0.857 bits per heavy atom. The number of nitrogens with two attached hydrogens (primary N) is 8. The van der Waals surface area contributed by atoms with Crippen molar-refractivity contribution in [2.24, 2.45) is 34.4 Å². The molecule has 5 aromatic rings. The molecule has 62 heteroatoms. The molecule has 133 heavy (non-hydrogen) atoms. The number of fused-ring (bicyclic) bond motifs is 2. The van der Waals surface area contributed by atoms with Crippen LogP contribution in [0.4, 0.5) is 11.8 Å². The fourth-order valence-electron chi connectivity index (χ4n) is 14.2. The van der Waals surface area contributed by atoms with Gasteiger partial charge in [-0.15, -0.1) is 0 Å². The Kier molecular flexibility index (Phi) is 41.6. The lowest BCUT2D eigenvalue weighted by Gasteiger charge is -2.40. The number of imidazole rings is 2. The Bertz CT molecular complexity index is 5160. The highest BCUT2D eigenvalue weighted by atomic mass is 31.1. The standard InChI is InChI=1S/C71H121N40O19P3/c1-36-23-109(71(122)105-56(36)114)49-28-107(25-39(129-49)30-125-131-3)132(123)127-32-40-26-108(29-50(130-40)110-34-95-51-53(72)93-33-94-54(51)110)133(124)126-31-38-24-106(27-48(128-38)111-35-96-52-55(111)103-70(85)104-63(52)121)47(113)22-92-57(115)41(10-4-16-86-64(73)74)98-59(117)43(12-6-18-88-66(77)78)100-61(119)45(14-8-20-90-68(81)82)102-62(120)46(15-9-21-91-69(83)84)101-60(118)44(13-7-19-89-67(79)80)99-58(116)42(97-37(2)112)11-5-17-87-65(75)76/h23,33-35,38-46,48-50,131-133H,4-22,24-32H2,1-3H3,(H,92,115)(H,97,112)(H,98,117)(H,99,116)(H,100,119)(H,101,118)(H,102,120)(H2,72,93,94)(H4,73,74,86)(H4,75,76,87)(H4,77,78,88)(H4,79,80,89)(H4,81,82,90)(H4,83,84,91)(H,105,114,122)(H3,85,103,104,121). The first-order valence-corrected chi connectivity index (χ1v) is 46.2. The maximum Gasteiger partial charge on any atom is 0.330 e. The first-order valence-electron chi connectivity index (χ1n) is 42.2. The van der Waals surface area contributed by atoms with Gasteiger partial charge >= 0.3 is 5.69 Å². The number of morpholine rings is 3. The fourth-order valence-corrected chi connectivity index (χ4v) is 16.9. The highest BCUT2D eigenvalue weighted by molar-refractivity contribution is 7.36. The van der Waals surface area contributed by atoms with E-state index in [4.69, 9.17) is 106 Å². The summed E-state index contributed by atoms with van der Waals surface area (Å²) in [5, 5.41) is 80.3. The molecule has 3 aliphatic rings. The number of aromatic nitrogens is 10. The lowest BCUT2D eigenvalue weighted by Crippen LogP contribution is -2.60. The molecule has 0 saturated carbocycles. The average Bonchev–Trinajstić information content (AvgIpc) is 1.65. The highest BCUT2D eigenvalue weighted by Gasteiger charge is 2.41. The summed E-state index contributed by atoms with van der Waals surface area (Å²) in [6, 6.07) is -8.92. The van der Waals surface area contributed by atoms with Crippen LogP contribution in [0, 0.1) is 39.4 Å². The number of ether oxygens (including phenoxy) is 3. The van der Waals surface area contributed by atoms with Gasteiger partial charge in [-0.3, -0.25) is 113 Å². The molecule has 0 aromatic carbocycles. The number of carbonyl (C=O) groups excluding carboxylic acids is 8. The van der Waals surface area contributed by atoms with E-state index in [1.54, 1.807) is 6.66 Å². The van der Waals surface area contributed by atoms with Crippen LogP contribution in [-0.4, -0.2) is 312 Å². The number of hydrogen-bond donors (Lipinski definition) is 29. The van der Waals surface area contributed by atoms with Gasteiger partial charge in [0.2, 0.25) is 53.2 Å². The van der Waals surface area contributed by atoms with Crippen LogP contribution in [0.2, 0.25) is 0 Å². The van der Waals surface area contributed by atoms with Crippen LogP contribution < -0.4 is 132 Å². The molecule has 8 amide bonds. The largest absolute Gasteiger partial charge is 0.382 e. The van der Waals surface area contributed by atoms with Gasteiger partial charge in [0.05, 0.1) is 70.9 Å². The molecule has 59 nitrogen and oxygen atoms in total. The van der Waals surface area contributed by atoms with Gasteiger partial charge in [0.15, 0.2) is 70.8 Å². The monoisotopic (exact) mass is 1930 g/mol. The predicted octanol–water partition coefficient (Wildman–Crippen LogP) is -9.22. The summed E-state index contributed by atoms with van der Waals surface area (Å²) in [5.74, 6) is -9.80. The van der Waals surface area contributed by atoms with Crippen LogP contribution in [0.5, 0.6) is 0 Å². The van der Waals surface area contributed by atoms with Crippen molar-refractivity contribution in [2.75, 3.05) is 123 Å². The van der Waals surface area contributed by atoms with E-state index < -0.39 is 197 Å². The lowest BCUT2D eigenvalue weighted by molar-refractivity contribution is -0.158. The molecule has 37 N–H and O–H groups in total. The summed E-state index contributed by atoms with van der Waals surface area (Å²) in [7, 11) is -6.59. The van der Waals surface area contributed by atoms with E-state index in [1.165, 1.54) is 67.0 Å². The van der Waals surface area contributed by atoms with Crippen molar-refractivity contribution < 1.29 is 75.3 Å². The summed E-state index contributed by atoms with van der Waals surface area (Å²) >= 11 is 0. The number of anilines is 2. The smallest absolute Gasteiger partial charge is 0.330 e. The molecular weight excluding hydrogens is 1810 g/mol. The molecule has 3 saturated heterocycles. The van der Waals surface area contributed by atoms with Crippen LogP contribution >= 0.6 is 25.2 Å². The van der Waals surface area contributed by atoms with Crippen molar-refractivity contribution in [2.45, 2.75) is 164 Å². The van der Waals surface area contributed by atoms with Crippen molar-refractivity contribution in [1.29, 1.82) is 32.5 Å². The second-order valence-electron chi connectivity index (χ2n) is 30.9. The first-order chi connectivity index (χ1) is 63.3. The van der Waals surface area contributed by atoms with Crippen molar-refractivity contribution in [3.63, 3.8) is 0 Å². The number of nitrogens with one attached hydrogen (secondary N) is 21. The van der Waals surface area contributed by atoms with Crippen molar-refractivity contribution >= 4 is 142 Å². The van der Waals surface area contributed by atoms with Crippen LogP contribution in [0.1, 0.15) is 108 Å². The van der Waals surface area contributed by atoms with Gasteiger partial charge in [0, 0.05) is 86.4 Å². The number of aryl methyl sites for hydroxylation is 1. The topological polar surface area (TPSA) is 905 Å². The molecule has 0 bridgehead atoms. The number of nitrogen functional groups attached to an aromatic ring is 2. The van der Waals surface area contributed by atoms with Crippen LogP contribution in [0.3, 0.4) is 0 Å². The normalized spacial score (nSPS) is 18.8. The van der Waals surface area contributed by atoms with Crippen LogP contribution in [0.15, 0.2) is 39.6 Å². The van der Waals surface area contributed by atoms with E-state index in [2.05, 4.69) is 104 Å². The number of aromatic amines is 2. The van der Waals surface area contributed by atoms with Crippen molar-refractivity contribution in [3.8, 4) is 0 Å². The van der Waals surface area contributed by atoms with Gasteiger partial charge in [-0.2, -0.15) is 4.98 Å². The molecule has 0 radical (unpaired) electrons. The molecule has 0 spiro atoms. The number of amides is 8. The van der Waals surface area contributed by atoms with Gasteiger partial charge < -0.3 is 148 Å². The molecule has 3 fully saturated rings. The van der Waals surface area contributed by atoms with E-state index in [0.29, 0.717) is 0 Å². The third-order valence-electron chi connectivity index (χ3n) is 20.6. The van der Waals surface area contributed by atoms with Gasteiger partial charge in [0.25, 0.3) is 27.5 Å². The maximum atomic E-state index is 15.0. The number of rotatable bonds is 52. The first kappa shape index (κ1) is 105. The third kappa shape index (κ3) is 33.7. The molecule has 8 rings (SSSR count). The zero-order valence-corrected chi connectivity index (χ0v) is 76.3. The molecule has 5 aromatic heterocycles. The number of H-pyrrole nitrogens is 2. The maximum absolute atomic E-state index is 15.0. The minimum atomic E-state index is -3.43. The van der Waals surface area contributed by atoms with Crippen molar-refractivity contribution in [3.05, 3.63) is 61.9 Å². The lowest BCUT2D eigenvalue weighted by atomic mass is 10.0. The molecule has 734 valence electrons. The van der Waals surface area contributed by atoms with E-state index >= 15 is 4.79 Å². The third-order valence-corrected chi connectivity index (χ3v) is 23.7. The molecule has 8 heterocycles. The fraction of sp³-hybridized carbons (Fsp3) is 0.606. The molecule has 15 atom stereocenters. The molecule has 3 aliphatic heterocycles. The van der Waals surface area contributed by atoms with Gasteiger partial charge in [-0.25, -0.2) is 34.1 Å². The summed E-state index contributed by atoms with van der Waals surface area (Å²) in [5.41, 5.74) is 43.9.